The molecule has 0 unspecified atom stereocenters. The van der Waals surface area contributed by atoms with E-state index in [0.29, 0.717) is 13.0 Å². The summed E-state index contributed by atoms with van der Waals surface area (Å²) in [5, 5.41) is 6.68. The van der Waals surface area contributed by atoms with Crippen molar-refractivity contribution in [1.29, 1.82) is 0 Å². The molecule has 0 saturated heterocycles. The van der Waals surface area contributed by atoms with Crippen molar-refractivity contribution in [2.24, 2.45) is 5.10 Å². The zero-order valence-electron chi connectivity index (χ0n) is 23.3. The molecule has 0 heterocycles. The summed E-state index contributed by atoms with van der Waals surface area (Å²) in [4.78, 5) is 25.0. The van der Waals surface area contributed by atoms with Crippen molar-refractivity contribution in [3.63, 3.8) is 0 Å². The number of hydrogen-bond donors (Lipinski definition) is 0. The maximum atomic E-state index is 11.6. The van der Waals surface area contributed by atoms with Crippen molar-refractivity contribution in [2.45, 2.75) is 6.42 Å². The van der Waals surface area contributed by atoms with E-state index in [1.54, 1.807) is 0 Å². The quantitative estimate of drug-likeness (QED) is 0.0717. The largest absolute Gasteiger partial charge is 0.462 e. The summed E-state index contributed by atoms with van der Waals surface area (Å²) in [6.45, 7) is 7.78. The minimum Gasteiger partial charge on any atom is -0.462 e. The first-order valence-electron chi connectivity index (χ1n) is 13.6. The molecular weight excluding hydrogens is 526 g/mol. The second kappa shape index (κ2) is 15.4. The molecule has 0 N–H and O–H groups in total. The number of rotatable bonds is 14. The Hall–Kier alpha value is -5.43. The first-order valence-corrected chi connectivity index (χ1v) is 13.6. The molecule has 0 aromatic heterocycles. The summed E-state index contributed by atoms with van der Waals surface area (Å²) in [6, 6.07) is 36.0. The van der Waals surface area contributed by atoms with Crippen molar-refractivity contribution < 1.29 is 19.1 Å². The summed E-state index contributed by atoms with van der Waals surface area (Å²) < 4.78 is 10.4. The number of hydrogen-bond acceptors (Lipinski definition) is 7. The zero-order chi connectivity index (χ0) is 29.6. The highest BCUT2D eigenvalue weighted by molar-refractivity contribution is 5.83. The van der Waals surface area contributed by atoms with Crippen molar-refractivity contribution in [1.82, 2.24) is 0 Å². The van der Waals surface area contributed by atoms with Crippen molar-refractivity contribution in [2.75, 3.05) is 29.7 Å². The van der Waals surface area contributed by atoms with Gasteiger partial charge in [0.05, 0.1) is 30.7 Å². The molecular formula is C35H33N3O4. The molecule has 0 bridgehead atoms. The first kappa shape index (κ1) is 29.6. The van der Waals surface area contributed by atoms with Gasteiger partial charge in [0.1, 0.15) is 6.61 Å². The normalized spacial score (nSPS) is 10.6. The Bertz CT molecular complexity index is 1450. The van der Waals surface area contributed by atoms with E-state index >= 15 is 0 Å². The fourth-order valence-corrected chi connectivity index (χ4v) is 4.16. The minimum atomic E-state index is -0.465. The maximum Gasteiger partial charge on any atom is 0.330 e. The lowest BCUT2D eigenvalue weighted by atomic mass is 10.1. The zero-order valence-corrected chi connectivity index (χ0v) is 23.3. The van der Waals surface area contributed by atoms with E-state index in [2.05, 4.69) is 18.1 Å². The average molecular weight is 560 g/mol. The highest BCUT2D eigenvalue weighted by atomic mass is 16.5. The van der Waals surface area contributed by atoms with E-state index in [1.165, 1.54) is 0 Å². The molecule has 0 amide bonds. The monoisotopic (exact) mass is 559 g/mol. The number of para-hydroxylation sites is 2. The number of anilines is 4. The molecule has 0 atom stereocenters. The topological polar surface area (TPSA) is 71.4 Å². The van der Waals surface area contributed by atoms with Gasteiger partial charge in [-0.25, -0.2) is 14.6 Å². The smallest absolute Gasteiger partial charge is 0.330 e. The Kier molecular flexibility index (Phi) is 10.8. The van der Waals surface area contributed by atoms with Crippen molar-refractivity contribution in [3.8, 4) is 0 Å². The molecule has 4 rings (SSSR count). The molecule has 42 heavy (non-hydrogen) atoms. The van der Waals surface area contributed by atoms with E-state index in [9.17, 15) is 9.59 Å². The number of carbonyl (C=O) groups excluding carboxylic acids is 2. The predicted octanol–water partition coefficient (Wildman–Crippen LogP) is 7.00. The van der Waals surface area contributed by atoms with E-state index < -0.39 is 11.9 Å². The SMILES string of the molecule is C=CC(=O)OCCc1ccc(N(CCOC(=O)C=C)c2ccc(C=NN(c3ccccc3)c3ccccc3)cc2)cc1. The molecule has 0 aliphatic heterocycles. The number of nitrogens with zero attached hydrogens (tertiary/aromatic N) is 3. The highest BCUT2D eigenvalue weighted by Crippen LogP contribution is 2.27. The third-order valence-corrected chi connectivity index (χ3v) is 6.30. The Balaban J connectivity index is 1.52. The van der Waals surface area contributed by atoms with Gasteiger partial charge < -0.3 is 14.4 Å². The fourth-order valence-electron chi connectivity index (χ4n) is 4.16. The second-order valence-corrected chi connectivity index (χ2v) is 9.13. The van der Waals surface area contributed by atoms with Crippen LogP contribution >= 0.6 is 0 Å². The van der Waals surface area contributed by atoms with Crippen LogP contribution in [0.2, 0.25) is 0 Å². The van der Waals surface area contributed by atoms with E-state index in [1.807, 2.05) is 120 Å². The van der Waals surface area contributed by atoms with Crippen LogP contribution in [0, 0.1) is 0 Å². The van der Waals surface area contributed by atoms with Gasteiger partial charge in [-0.3, -0.25) is 0 Å². The van der Waals surface area contributed by atoms with Gasteiger partial charge in [0.25, 0.3) is 0 Å². The van der Waals surface area contributed by atoms with Crippen LogP contribution in [0.3, 0.4) is 0 Å². The fraction of sp³-hybridized carbons (Fsp3) is 0.114. The van der Waals surface area contributed by atoms with Gasteiger partial charge in [0.2, 0.25) is 0 Å². The molecule has 4 aromatic rings. The van der Waals surface area contributed by atoms with Gasteiger partial charge in [0, 0.05) is 29.9 Å². The number of carbonyl (C=O) groups is 2. The summed E-state index contributed by atoms with van der Waals surface area (Å²) >= 11 is 0. The van der Waals surface area contributed by atoms with E-state index in [-0.39, 0.29) is 13.2 Å². The summed E-state index contributed by atoms with van der Waals surface area (Å²) in [6.07, 6.45) is 4.72. The molecule has 0 aliphatic carbocycles. The van der Waals surface area contributed by atoms with Crippen LogP contribution in [-0.4, -0.2) is 37.9 Å². The van der Waals surface area contributed by atoms with Gasteiger partial charge in [-0.2, -0.15) is 5.10 Å². The number of ether oxygens (including phenoxy) is 2. The second-order valence-electron chi connectivity index (χ2n) is 9.13. The van der Waals surface area contributed by atoms with Crippen LogP contribution in [0.4, 0.5) is 22.7 Å². The molecule has 7 heteroatoms. The summed E-state index contributed by atoms with van der Waals surface area (Å²) in [5.41, 5.74) is 5.73. The molecule has 212 valence electrons. The lowest BCUT2D eigenvalue weighted by Crippen LogP contribution is -2.23. The summed E-state index contributed by atoms with van der Waals surface area (Å²) in [5.74, 6) is -0.902. The van der Waals surface area contributed by atoms with Gasteiger partial charge in [0.15, 0.2) is 0 Å². The van der Waals surface area contributed by atoms with Crippen molar-refractivity contribution in [3.05, 3.63) is 146 Å². The molecule has 7 nitrogen and oxygen atoms in total. The van der Waals surface area contributed by atoms with E-state index in [0.717, 1.165) is 46.0 Å². The highest BCUT2D eigenvalue weighted by Gasteiger charge is 2.12. The van der Waals surface area contributed by atoms with Crippen LogP contribution in [0.15, 0.2) is 140 Å². The standard InChI is InChI=1S/C35H33N3O4/c1-3-34(39)41-25-23-28-15-19-30(20-16-28)37(24-26-42-35(40)4-2)31-21-17-29(18-22-31)27-36-38(32-11-7-5-8-12-32)33-13-9-6-10-14-33/h3-22,27H,1-2,23-26H2. The Morgan fingerprint density at radius 3 is 1.67 bits per heavy atom. The minimum absolute atomic E-state index is 0.191. The van der Waals surface area contributed by atoms with Crippen LogP contribution in [0.1, 0.15) is 11.1 Å². The molecule has 0 aliphatic rings. The summed E-state index contributed by atoms with van der Waals surface area (Å²) in [7, 11) is 0. The maximum absolute atomic E-state index is 11.6. The van der Waals surface area contributed by atoms with Gasteiger partial charge in [-0.05, 0) is 59.7 Å². The predicted molar refractivity (Wildman–Crippen MR) is 169 cm³/mol. The van der Waals surface area contributed by atoms with Crippen LogP contribution in [0.5, 0.6) is 0 Å². The van der Waals surface area contributed by atoms with Crippen molar-refractivity contribution >= 4 is 40.9 Å². The van der Waals surface area contributed by atoms with E-state index in [4.69, 9.17) is 14.6 Å². The lowest BCUT2D eigenvalue weighted by molar-refractivity contribution is -0.138. The third kappa shape index (κ3) is 8.53. The number of benzene rings is 4. The number of hydrazone groups is 1. The van der Waals surface area contributed by atoms with Crippen LogP contribution in [-0.2, 0) is 25.5 Å². The third-order valence-electron chi connectivity index (χ3n) is 6.30. The van der Waals surface area contributed by atoms with Gasteiger partial charge >= 0.3 is 11.9 Å². The molecule has 0 fully saturated rings. The molecule has 0 saturated carbocycles. The molecule has 0 radical (unpaired) electrons. The number of esters is 2. The van der Waals surface area contributed by atoms with Crippen LogP contribution in [0.25, 0.3) is 0 Å². The average Bonchev–Trinajstić information content (AvgIpc) is 3.05. The van der Waals surface area contributed by atoms with Gasteiger partial charge in [-0.15, -0.1) is 0 Å². The Morgan fingerprint density at radius 1 is 0.643 bits per heavy atom. The molecule has 4 aromatic carbocycles. The lowest BCUT2D eigenvalue weighted by Gasteiger charge is -2.25. The first-order chi connectivity index (χ1) is 20.6. The Morgan fingerprint density at radius 2 is 1.14 bits per heavy atom. The van der Waals surface area contributed by atoms with Gasteiger partial charge in [-0.1, -0.05) is 73.8 Å². The molecule has 0 spiro atoms. The Labute approximate surface area is 246 Å². The van der Waals surface area contributed by atoms with Crippen LogP contribution < -0.4 is 9.91 Å².